The molecule has 0 aromatic carbocycles. The van der Waals surface area contributed by atoms with Crippen molar-refractivity contribution in [2.45, 2.75) is 83.1 Å². The first-order valence-electron chi connectivity index (χ1n) is 14.2. The normalized spacial score (nSPS) is 16.0. The topological polar surface area (TPSA) is 84.2 Å². The van der Waals surface area contributed by atoms with Crippen molar-refractivity contribution in [3.05, 3.63) is 34.7 Å². The van der Waals surface area contributed by atoms with E-state index in [1.54, 1.807) is 16.5 Å². The Hall–Kier alpha value is -3.20. The number of aromatic amines is 1. The Bertz CT molecular complexity index is 1520. The number of H-pyrrole nitrogens is 1. The number of aromatic nitrogens is 6. The van der Waals surface area contributed by atoms with Crippen molar-refractivity contribution < 1.29 is 31.1 Å². The minimum Gasteiger partial charge on any atom is -0.493 e. The van der Waals surface area contributed by atoms with Gasteiger partial charge in [-0.1, -0.05) is 13.8 Å². The minimum absolute atomic E-state index is 0.0765. The summed E-state index contributed by atoms with van der Waals surface area (Å²) in [5.74, 6) is 0.638. The van der Waals surface area contributed by atoms with Gasteiger partial charge in [0.25, 0.3) is 0 Å². The minimum atomic E-state index is -4.30. The van der Waals surface area contributed by atoms with Crippen LogP contribution in [-0.2, 0) is 12.8 Å². The molecule has 8 nitrogen and oxygen atoms in total. The quantitative estimate of drug-likeness (QED) is 0.177. The third-order valence-electron chi connectivity index (χ3n) is 7.68. The number of alkyl halides is 6. The summed E-state index contributed by atoms with van der Waals surface area (Å²) in [5.41, 5.74) is 4.78. The number of ether oxygens (including phenoxy) is 1. The second-order valence-electron chi connectivity index (χ2n) is 11.1. The number of halogens is 6. The van der Waals surface area contributed by atoms with Gasteiger partial charge < -0.3 is 9.64 Å². The third kappa shape index (κ3) is 7.31. The van der Waals surface area contributed by atoms with E-state index in [1.165, 1.54) is 17.7 Å². The fourth-order valence-corrected chi connectivity index (χ4v) is 6.87. The van der Waals surface area contributed by atoms with Crippen LogP contribution >= 0.6 is 11.3 Å². The molecule has 1 aliphatic carbocycles. The summed E-state index contributed by atoms with van der Waals surface area (Å²) >= 11 is 1.48. The third-order valence-corrected chi connectivity index (χ3v) is 8.80. The number of aryl methyl sites for hydroxylation is 1. The van der Waals surface area contributed by atoms with E-state index in [0.29, 0.717) is 36.4 Å². The van der Waals surface area contributed by atoms with Gasteiger partial charge in [0, 0.05) is 41.1 Å². The number of fused-ring (bicyclic) bond motifs is 2. The number of methoxy groups -OCH3 is 1. The molecule has 0 fully saturated rings. The molecular weight excluding hydrogens is 596 g/mol. The van der Waals surface area contributed by atoms with Crippen molar-refractivity contribution in [1.29, 1.82) is 0 Å². The molecule has 4 heterocycles. The number of nitrogens with one attached hydrogen (secondary N) is 1. The number of nitrogens with zero attached hydrogens (tertiary/aromatic N) is 6. The summed E-state index contributed by atoms with van der Waals surface area (Å²) in [6.07, 6.45) is -5.77. The van der Waals surface area contributed by atoms with Crippen LogP contribution in [0.3, 0.4) is 0 Å². The molecule has 15 heteroatoms. The average Bonchev–Trinajstić information content (AvgIpc) is 3.67. The molecule has 1 aliphatic rings. The van der Waals surface area contributed by atoms with Crippen LogP contribution in [0, 0.1) is 0 Å². The van der Waals surface area contributed by atoms with E-state index in [9.17, 15) is 26.3 Å². The second kappa shape index (κ2) is 12.4. The highest BCUT2D eigenvalue weighted by Gasteiger charge is 2.32. The highest BCUT2D eigenvalue weighted by molar-refractivity contribution is 7.15. The standard InChI is InChI=1S/C28H33F6N7OS/c1-16(2)22-23(17-12-20(42-3)25-35-15-36-41(25)14-17)38-39-24(22)26-37-19-7-6-18(13-21(19)43-26)40(10-4-8-27(29,30)31)11-5-9-28(32,33)34/h12,14-16,18H,4-11,13H2,1-3H3,(H,38,39). The van der Waals surface area contributed by atoms with Gasteiger partial charge in [0.05, 0.1) is 18.5 Å². The number of pyridine rings is 1. The van der Waals surface area contributed by atoms with E-state index >= 15 is 0 Å². The predicted octanol–water partition coefficient (Wildman–Crippen LogP) is 7.22. The van der Waals surface area contributed by atoms with Gasteiger partial charge >= 0.3 is 12.4 Å². The zero-order valence-electron chi connectivity index (χ0n) is 24.0. The van der Waals surface area contributed by atoms with Gasteiger partial charge in [0.15, 0.2) is 11.4 Å². The van der Waals surface area contributed by atoms with Crippen LogP contribution in [-0.4, -0.2) is 73.3 Å². The summed E-state index contributed by atoms with van der Waals surface area (Å²) in [4.78, 5) is 11.9. The molecule has 5 rings (SSSR count). The maximum Gasteiger partial charge on any atom is 0.389 e. The van der Waals surface area contributed by atoms with Gasteiger partial charge in [-0.25, -0.2) is 14.5 Å². The summed E-state index contributed by atoms with van der Waals surface area (Å²) < 4.78 is 84.0. The first-order valence-corrected chi connectivity index (χ1v) is 15.0. The van der Waals surface area contributed by atoms with Crippen molar-refractivity contribution in [1.82, 2.24) is 34.7 Å². The van der Waals surface area contributed by atoms with E-state index in [-0.39, 0.29) is 37.9 Å². The lowest BCUT2D eigenvalue weighted by Gasteiger charge is -2.34. The molecule has 0 aliphatic heterocycles. The molecule has 0 spiro atoms. The molecule has 0 saturated carbocycles. The first kappa shape index (κ1) is 31.2. The van der Waals surface area contributed by atoms with Gasteiger partial charge in [0.2, 0.25) is 0 Å². The Labute approximate surface area is 248 Å². The fourth-order valence-electron chi connectivity index (χ4n) is 5.69. The summed E-state index contributed by atoms with van der Waals surface area (Å²) in [6.45, 7) is 4.32. The van der Waals surface area contributed by atoms with Gasteiger partial charge in [-0.05, 0) is 57.2 Å². The largest absolute Gasteiger partial charge is 0.493 e. The van der Waals surface area contributed by atoms with Crippen LogP contribution in [0.2, 0.25) is 0 Å². The summed E-state index contributed by atoms with van der Waals surface area (Å²) in [5, 5.41) is 12.8. The molecule has 1 N–H and O–H groups in total. The van der Waals surface area contributed by atoms with Gasteiger partial charge in [-0.2, -0.15) is 36.5 Å². The maximum atomic E-state index is 12.8. The zero-order valence-corrected chi connectivity index (χ0v) is 24.8. The van der Waals surface area contributed by atoms with E-state index < -0.39 is 25.2 Å². The molecule has 1 atom stereocenters. The monoisotopic (exact) mass is 629 g/mol. The Morgan fingerprint density at radius 3 is 2.44 bits per heavy atom. The van der Waals surface area contributed by atoms with Gasteiger partial charge in [-0.15, -0.1) is 11.3 Å². The van der Waals surface area contributed by atoms with Crippen molar-refractivity contribution in [2.24, 2.45) is 0 Å². The molecule has 1 unspecified atom stereocenters. The SMILES string of the molecule is COc1cc(-c2[nH]nc(-c3nc4c(s3)CC(N(CCCC(F)(F)F)CCCC(F)(F)F)CC4)c2C(C)C)cn2ncnc12. The highest BCUT2D eigenvalue weighted by Crippen LogP contribution is 2.40. The van der Waals surface area contributed by atoms with Crippen molar-refractivity contribution in [3.63, 3.8) is 0 Å². The van der Waals surface area contributed by atoms with E-state index in [2.05, 4.69) is 34.1 Å². The van der Waals surface area contributed by atoms with Crippen LogP contribution in [0.4, 0.5) is 26.3 Å². The van der Waals surface area contributed by atoms with Crippen LogP contribution < -0.4 is 4.74 Å². The molecule has 4 aromatic heterocycles. The molecule has 0 saturated heterocycles. The number of rotatable bonds is 11. The van der Waals surface area contributed by atoms with Crippen molar-refractivity contribution in [2.75, 3.05) is 20.2 Å². The van der Waals surface area contributed by atoms with E-state index in [1.807, 2.05) is 12.3 Å². The number of hydrogen-bond acceptors (Lipinski definition) is 7. The van der Waals surface area contributed by atoms with E-state index in [0.717, 1.165) is 32.4 Å². The Balaban J connectivity index is 1.39. The smallest absolute Gasteiger partial charge is 0.389 e. The lowest BCUT2D eigenvalue weighted by Crippen LogP contribution is -2.41. The molecule has 4 aromatic rings. The lowest BCUT2D eigenvalue weighted by molar-refractivity contribution is -0.137. The van der Waals surface area contributed by atoms with Crippen LogP contribution in [0.15, 0.2) is 18.6 Å². The molecule has 0 radical (unpaired) electrons. The molecule has 0 amide bonds. The Morgan fingerprint density at radius 2 is 1.81 bits per heavy atom. The lowest BCUT2D eigenvalue weighted by atomic mass is 9.95. The summed E-state index contributed by atoms with van der Waals surface area (Å²) in [6, 6.07) is 1.72. The fraction of sp³-hybridized carbons (Fsp3) is 0.571. The molecular formula is C28H33F6N7OS. The van der Waals surface area contributed by atoms with Gasteiger partial charge in [-0.3, -0.25) is 5.10 Å². The average molecular weight is 630 g/mol. The molecule has 0 bridgehead atoms. The highest BCUT2D eigenvalue weighted by atomic mass is 32.1. The zero-order chi connectivity index (χ0) is 30.9. The molecule has 43 heavy (non-hydrogen) atoms. The number of hydrogen-bond donors (Lipinski definition) is 1. The maximum absolute atomic E-state index is 12.8. The Morgan fingerprint density at radius 1 is 1.12 bits per heavy atom. The predicted molar refractivity (Wildman–Crippen MR) is 150 cm³/mol. The Kier molecular flexibility index (Phi) is 9.02. The number of thiazole rings is 1. The first-order chi connectivity index (χ1) is 20.3. The van der Waals surface area contributed by atoms with E-state index in [4.69, 9.17) is 9.72 Å². The van der Waals surface area contributed by atoms with Crippen molar-refractivity contribution >= 4 is 17.0 Å². The van der Waals surface area contributed by atoms with Gasteiger partial charge in [0.1, 0.15) is 17.0 Å². The summed E-state index contributed by atoms with van der Waals surface area (Å²) in [7, 11) is 1.57. The van der Waals surface area contributed by atoms with Crippen LogP contribution in [0.5, 0.6) is 5.75 Å². The molecule has 234 valence electrons. The van der Waals surface area contributed by atoms with Crippen molar-refractivity contribution in [3.8, 4) is 27.7 Å². The second-order valence-corrected chi connectivity index (χ2v) is 12.2. The van der Waals surface area contributed by atoms with Crippen LogP contribution in [0.1, 0.15) is 68.0 Å². The van der Waals surface area contributed by atoms with Crippen LogP contribution in [0.25, 0.3) is 27.6 Å².